The summed E-state index contributed by atoms with van der Waals surface area (Å²) in [4.78, 5) is 0. The Morgan fingerprint density at radius 3 is 2.31 bits per heavy atom. The molecule has 0 bridgehead atoms. The van der Waals surface area contributed by atoms with E-state index in [4.69, 9.17) is 0 Å². The van der Waals surface area contributed by atoms with E-state index < -0.39 is 6.10 Å². The van der Waals surface area contributed by atoms with E-state index >= 15 is 0 Å². The highest BCUT2D eigenvalue weighted by Crippen LogP contribution is 2.33. The van der Waals surface area contributed by atoms with Crippen molar-refractivity contribution in [2.24, 2.45) is 5.41 Å². The third-order valence-corrected chi connectivity index (χ3v) is 2.35. The predicted octanol–water partition coefficient (Wildman–Crippen LogP) is 2.93. The Labute approximate surface area is 79.7 Å². The Hall–Kier alpha value is -1.08. The molecule has 0 aliphatic heterocycles. The summed E-state index contributed by atoms with van der Waals surface area (Å²) in [7, 11) is 0. The highest BCUT2D eigenvalue weighted by molar-refractivity contribution is 5.20. The van der Waals surface area contributed by atoms with Crippen LogP contribution in [-0.2, 0) is 0 Å². The van der Waals surface area contributed by atoms with Gasteiger partial charge in [0.25, 0.3) is 0 Å². The van der Waals surface area contributed by atoms with Crippen molar-refractivity contribution < 1.29 is 5.11 Å². The van der Waals surface area contributed by atoms with Gasteiger partial charge in [-0.25, -0.2) is 0 Å². The summed E-state index contributed by atoms with van der Waals surface area (Å²) in [6.07, 6.45) is 1.30. The SMILES string of the molecule is C=CC(C)(C)[C@@H](O)c1ccccc1. The van der Waals surface area contributed by atoms with Crippen molar-refractivity contribution in [2.75, 3.05) is 0 Å². The maximum absolute atomic E-state index is 9.98. The smallest absolute Gasteiger partial charge is 0.0875 e. The van der Waals surface area contributed by atoms with Gasteiger partial charge in [-0.05, 0) is 5.56 Å². The molecule has 0 aliphatic rings. The van der Waals surface area contributed by atoms with Crippen LogP contribution in [0.15, 0.2) is 43.0 Å². The van der Waals surface area contributed by atoms with Crippen LogP contribution in [0.25, 0.3) is 0 Å². The monoisotopic (exact) mass is 176 g/mol. The highest BCUT2D eigenvalue weighted by Gasteiger charge is 2.25. The van der Waals surface area contributed by atoms with Crippen molar-refractivity contribution in [1.29, 1.82) is 0 Å². The van der Waals surface area contributed by atoms with Crippen molar-refractivity contribution in [2.45, 2.75) is 20.0 Å². The molecule has 0 heterocycles. The van der Waals surface area contributed by atoms with E-state index in [-0.39, 0.29) is 5.41 Å². The minimum absolute atomic E-state index is 0.276. The molecule has 0 unspecified atom stereocenters. The van der Waals surface area contributed by atoms with Crippen LogP contribution >= 0.6 is 0 Å². The lowest BCUT2D eigenvalue weighted by Gasteiger charge is -2.27. The predicted molar refractivity (Wildman–Crippen MR) is 55.4 cm³/mol. The first-order valence-electron chi connectivity index (χ1n) is 4.44. The first-order valence-corrected chi connectivity index (χ1v) is 4.44. The Balaban J connectivity index is 2.91. The van der Waals surface area contributed by atoms with Gasteiger partial charge in [0.1, 0.15) is 0 Å². The van der Waals surface area contributed by atoms with Gasteiger partial charge >= 0.3 is 0 Å². The van der Waals surface area contributed by atoms with Gasteiger partial charge in [0.05, 0.1) is 6.10 Å². The molecule has 1 aromatic carbocycles. The lowest BCUT2D eigenvalue weighted by atomic mass is 9.83. The summed E-state index contributed by atoms with van der Waals surface area (Å²) in [6.45, 7) is 7.66. The molecule has 0 saturated carbocycles. The summed E-state index contributed by atoms with van der Waals surface area (Å²) < 4.78 is 0. The second-order valence-electron chi connectivity index (χ2n) is 3.84. The van der Waals surface area contributed by atoms with E-state index in [2.05, 4.69) is 6.58 Å². The van der Waals surface area contributed by atoms with Gasteiger partial charge in [-0.15, -0.1) is 6.58 Å². The first-order chi connectivity index (χ1) is 6.08. The fraction of sp³-hybridized carbons (Fsp3) is 0.333. The van der Waals surface area contributed by atoms with Gasteiger partial charge in [0.15, 0.2) is 0 Å². The number of rotatable bonds is 3. The van der Waals surface area contributed by atoms with Crippen LogP contribution in [0.2, 0.25) is 0 Å². The third kappa shape index (κ3) is 2.19. The molecule has 0 fully saturated rings. The van der Waals surface area contributed by atoms with Crippen LogP contribution in [0.5, 0.6) is 0 Å². The molecular formula is C12H16O. The lowest BCUT2D eigenvalue weighted by molar-refractivity contribution is 0.0822. The number of hydrogen-bond acceptors (Lipinski definition) is 1. The number of benzene rings is 1. The Morgan fingerprint density at radius 2 is 1.85 bits per heavy atom. The molecule has 1 heteroatoms. The normalized spacial score (nSPS) is 13.8. The number of aliphatic hydroxyl groups is 1. The molecule has 0 aliphatic carbocycles. The maximum Gasteiger partial charge on any atom is 0.0875 e. The molecule has 0 aromatic heterocycles. The van der Waals surface area contributed by atoms with E-state index in [0.29, 0.717) is 0 Å². The van der Waals surface area contributed by atoms with Crippen LogP contribution in [0.1, 0.15) is 25.5 Å². The van der Waals surface area contributed by atoms with Crippen LogP contribution in [-0.4, -0.2) is 5.11 Å². The molecule has 1 nitrogen and oxygen atoms in total. The Morgan fingerprint density at radius 1 is 1.31 bits per heavy atom. The maximum atomic E-state index is 9.98. The lowest BCUT2D eigenvalue weighted by Crippen LogP contribution is -2.18. The average molecular weight is 176 g/mol. The number of hydrogen-bond donors (Lipinski definition) is 1. The van der Waals surface area contributed by atoms with Gasteiger partial charge < -0.3 is 5.11 Å². The topological polar surface area (TPSA) is 20.2 Å². The van der Waals surface area contributed by atoms with Crippen molar-refractivity contribution in [3.63, 3.8) is 0 Å². The summed E-state index contributed by atoms with van der Waals surface area (Å²) in [6, 6.07) is 9.65. The highest BCUT2D eigenvalue weighted by atomic mass is 16.3. The molecule has 13 heavy (non-hydrogen) atoms. The summed E-state index contributed by atoms with van der Waals surface area (Å²) in [5.74, 6) is 0. The van der Waals surface area contributed by atoms with E-state index in [1.54, 1.807) is 6.08 Å². The molecule has 1 N–H and O–H groups in total. The molecule has 0 spiro atoms. The van der Waals surface area contributed by atoms with Gasteiger partial charge in [0, 0.05) is 5.41 Å². The third-order valence-electron chi connectivity index (χ3n) is 2.35. The Bertz CT molecular complexity index is 274. The fourth-order valence-electron chi connectivity index (χ4n) is 1.18. The number of aliphatic hydroxyl groups excluding tert-OH is 1. The molecule has 1 atom stereocenters. The molecular weight excluding hydrogens is 160 g/mol. The standard InChI is InChI=1S/C12H16O/c1-4-12(2,3)11(13)10-8-6-5-7-9-10/h4-9,11,13H,1H2,2-3H3/t11-/m0/s1. The largest absolute Gasteiger partial charge is 0.388 e. The summed E-state index contributed by atoms with van der Waals surface area (Å²) in [5, 5.41) is 9.98. The van der Waals surface area contributed by atoms with Crippen LogP contribution in [0.4, 0.5) is 0 Å². The Kier molecular flexibility index (Phi) is 2.89. The van der Waals surface area contributed by atoms with E-state index in [0.717, 1.165) is 5.56 Å². The second-order valence-corrected chi connectivity index (χ2v) is 3.84. The minimum atomic E-state index is -0.480. The van der Waals surface area contributed by atoms with Crippen molar-refractivity contribution in [1.82, 2.24) is 0 Å². The van der Waals surface area contributed by atoms with Crippen molar-refractivity contribution >= 4 is 0 Å². The molecule has 0 amide bonds. The van der Waals surface area contributed by atoms with Crippen LogP contribution in [0.3, 0.4) is 0 Å². The van der Waals surface area contributed by atoms with Crippen molar-refractivity contribution in [3.8, 4) is 0 Å². The minimum Gasteiger partial charge on any atom is -0.388 e. The molecule has 0 radical (unpaired) electrons. The molecule has 1 aromatic rings. The van der Waals surface area contributed by atoms with Gasteiger partial charge in [-0.1, -0.05) is 50.3 Å². The van der Waals surface area contributed by atoms with Crippen LogP contribution < -0.4 is 0 Å². The van der Waals surface area contributed by atoms with Gasteiger partial charge in [-0.3, -0.25) is 0 Å². The van der Waals surface area contributed by atoms with E-state index in [1.165, 1.54) is 0 Å². The van der Waals surface area contributed by atoms with Gasteiger partial charge in [-0.2, -0.15) is 0 Å². The first kappa shape index (κ1) is 10.0. The van der Waals surface area contributed by atoms with Crippen molar-refractivity contribution in [3.05, 3.63) is 48.6 Å². The average Bonchev–Trinajstić information content (AvgIpc) is 2.18. The summed E-state index contributed by atoms with van der Waals surface area (Å²) >= 11 is 0. The molecule has 1 rings (SSSR count). The zero-order valence-corrected chi connectivity index (χ0v) is 8.20. The quantitative estimate of drug-likeness (QED) is 0.702. The van der Waals surface area contributed by atoms with Gasteiger partial charge in [0.2, 0.25) is 0 Å². The zero-order chi connectivity index (χ0) is 9.90. The molecule has 0 saturated heterocycles. The van der Waals surface area contributed by atoms with E-state index in [9.17, 15) is 5.11 Å². The fourth-order valence-corrected chi connectivity index (χ4v) is 1.18. The zero-order valence-electron chi connectivity index (χ0n) is 8.20. The molecule has 70 valence electrons. The summed E-state index contributed by atoms with van der Waals surface area (Å²) in [5.41, 5.74) is 0.661. The van der Waals surface area contributed by atoms with E-state index in [1.807, 2.05) is 44.2 Å². The second kappa shape index (κ2) is 3.75. The van der Waals surface area contributed by atoms with Crippen LogP contribution in [0, 0.1) is 5.41 Å².